The molecular weight excluding hydrogens is 280 g/mol. The number of aromatic nitrogens is 1. The van der Waals surface area contributed by atoms with Crippen LogP contribution in [0.5, 0.6) is 11.5 Å². The number of hydrogen-bond acceptors (Lipinski definition) is 4. The molecule has 0 aliphatic rings. The summed E-state index contributed by atoms with van der Waals surface area (Å²) in [4.78, 5) is 16.0. The monoisotopic (exact) mass is 292 g/mol. The molecule has 0 radical (unpaired) electrons. The zero-order chi connectivity index (χ0) is 14.5. The van der Waals surface area contributed by atoms with Gasteiger partial charge in [0.2, 0.25) is 0 Å². The van der Waals surface area contributed by atoms with E-state index in [-0.39, 0.29) is 5.91 Å². The molecule has 104 valence electrons. The molecular formula is C14H13ClN2O3. The fourth-order valence-corrected chi connectivity index (χ4v) is 1.88. The Hall–Kier alpha value is -2.27. The van der Waals surface area contributed by atoms with Crippen molar-refractivity contribution in [3.8, 4) is 11.5 Å². The van der Waals surface area contributed by atoms with Gasteiger partial charge in [0.25, 0.3) is 5.91 Å². The van der Waals surface area contributed by atoms with Gasteiger partial charge < -0.3 is 14.8 Å². The normalized spacial score (nSPS) is 9.95. The molecule has 1 aromatic heterocycles. The maximum atomic E-state index is 12.1. The molecule has 0 spiro atoms. The SMILES string of the molecule is COc1cc(NC(=O)c2cccnc2)c(OC)cc1Cl. The van der Waals surface area contributed by atoms with Gasteiger partial charge in [-0.15, -0.1) is 0 Å². The second-order valence-electron chi connectivity index (χ2n) is 3.88. The van der Waals surface area contributed by atoms with Crippen LogP contribution in [0.25, 0.3) is 0 Å². The number of carbonyl (C=O) groups is 1. The zero-order valence-electron chi connectivity index (χ0n) is 11.0. The topological polar surface area (TPSA) is 60.5 Å². The number of pyridine rings is 1. The van der Waals surface area contributed by atoms with Gasteiger partial charge >= 0.3 is 0 Å². The fourth-order valence-electron chi connectivity index (χ4n) is 1.65. The Labute approximate surface area is 121 Å². The molecule has 6 heteroatoms. The van der Waals surface area contributed by atoms with Gasteiger partial charge in [0.05, 0.1) is 30.5 Å². The molecule has 0 atom stereocenters. The molecule has 0 aliphatic heterocycles. The molecule has 1 aromatic carbocycles. The Kier molecular flexibility index (Phi) is 4.42. The third kappa shape index (κ3) is 3.00. The summed E-state index contributed by atoms with van der Waals surface area (Å²) in [6.45, 7) is 0. The Morgan fingerprint density at radius 2 is 2.00 bits per heavy atom. The van der Waals surface area contributed by atoms with Crippen LogP contribution in [-0.2, 0) is 0 Å². The Bertz CT molecular complexity index is 617. The summed E-state index contributed by atoms with van der Waals surface area (Å²) in [5.41, 5.74) is 0.922. The Morgan fingerprint density at radius 1 is 1.25 bits per heavy atom. The molecule has 0 fully saturated rings. The average Bonchev–Trinajstić information content (AvgIpc) is 2.49. The van der Waals surface area contributed by atoms with E-state index >= 15 is 0 Å². The maximum Gasteiger partial charge on any atom is 0.257 e. The van der Waals surface area contributed by atoms with Crippen LogP contribution in [0.1, 0.15) is 10.4 Å². The van der Waals surface area contributed by atoms with Gasteiger partial charge in [-0.25, -0.2) is 0 Å². The Morgan fingerprint density at radius 3 is 2.60 bits per heavy atom. The van der Waals surface area contributed by atoms with Crippen LogP contribution in [0.15, 0.2) is 36.7 Å². The zero-order valence-corrected chi connectivity index (χ0v) is 11.8. The molecule has 0 saturated heterocycles. The van der Waals surface area contributed by atoms with Crippen molar-refractivity contribution < 1.29 is 14.3 Å². The van der Waals surface area contributed by atoms with E-state index in [1.54, 1.807) is 30.5 Å². The van der Waals surface area contributed by atoms with Crippen LogP contribution in [0.4, 0.5) is 5.69 Å². The van der Waals surface area contributed by atoms with Gasteiger partial charge in [-0.1, -0.05) is 11.6 Å². The van der Waals surface area contributed by atoms with Crippen molar-refractivity contribution in [3.05, 3.63) is 47.2 Å². The first-order valence-electron chi connectivity index (χ1n) is 5.78. The smallest absolute Gasteiger partial charge is 0.257 e. The number of hydrogen-bond donors (Lipinski definition) is 1. The molecule has 1 heterocycles. The summed E-state index contributed by atoms with van der Waals surface area (Å²) >= 11 is 6.01. The second-order valence-corrected chi connectivity index (χ2v) is 4.29. The standard InChI is InChI=1S/C14H13ClN2O3/c1-19-12-7-11(13(20-2)6-10(12)15)17-14(18)9-4-3-5-16-8-9/h3-8H,1-2H3,(H,17,18). The fraction of sp³-hybridized carbons (Fsp3) is 0.143. The molecule has 5 nitrogen and oxygen atoms in total. The number of carbonyl (C=O) groups excluding carboxylic acids is 1. The van der Waals surface area contributed by atoms with Gasteiger partial charge in [0.15, 0.2) is 0 Å². The van der Waals surface area contributed by atoms with E-state index in [0.29, 0.717) is 27.8 Å². The maximum absolute atomic E-state index is 12.1. The molecule has 20 heavy (non-hydrogen) atoms. The van der Waals surface area contributed by atoms with Crippen molar-refractivity contribution in [2.24, 2.45) is 0 Å². The van der Waals surface area contributed by atoms with Crippen LogP contribution >= 0.6 is 11.6 Å². The quantitative estimate of drug-likeness (QED) is 0.941. The van der Waals surface area contributed by atoms with Gasteiger partial charge in [0, 0.05) is 24.5 Å². The van der Waals surface area contributed by atoms with E-state index in [0.717, 1.165) is 0 Å². The molecule has 1 N–H and O–H groups in total. The molecule has 0 unspecified atom stereocenters. The van der Waals surface area contributed by atoms with E-state index in [1.165, 1.54) is 20.4 Å². The number of rotatable bonds is 4. The second kappa shape index (κ2) is 6.25. The van der Waals surface area contributed by atoms with E-state index < -0.39 is 0 Å². The highest BCUT2D eigenvalue weighted by Crippen LogP contribution is 2.35. The number of anilines is 1. The molecule has 2 aromatic rings. The van der Waals surface area contributed by atoms with Crippen molar-refractivity contribution >= 4 is 23.2 Å². The number of nitrogens with zero attached hydrogens (tertiary/aromatic N) is 1. The van der Waals surface area contributed by atoms with Crippen LogP contribution in [0.3, 0.4) is 0 Å². The number of halogens is 1. The van der Waals surface area contributed by atoms with Crippen molar-refractivity contribution in [1.29, 1.82) is 0 Å². The highest BCUT2D eigenvalue weighted by Gasteiger charge is 2.13. The molecule has 0 bridgehead atoms. The van der Waals surface area contributed by atoms with Gasteiger partial charge in [-0.3, -0.25) is 9.78 Å². The molecule has 1 amide bonds. The lowest BCUT2D eigenvalue weighted by Crippen LogP contribution is -2.13. The van der Waals surface area contributed by atoms with Crippen molar-refractivity contribution in [3.63, 3.8) is 0 Å². The number of nitrogens with one attached hydrogen (secondary N) is 1. The number of ether oxygens (including phenoxy) is 2. The van der Waals surface area contributed by atoms with Crippen LogP contribution < -0.4 is 14.8 Å². The van der Waals surface area contributed by atoms with E-state index in [1.807, 2.05) is 0 Å². The lowest BCUT2D eigenvalue weighted by molar-refractivity contribution is 0.102. The summed E-state index contributed by atoms with van der Waals surface area (Å²) in [6.07, 6.45) is 3.08. The number of methoxy groups -OCH3 is 2. The van der Waals surface area contributed by atoms with Gasteiger partial charge in [-0.05, 0) is 12.1 Å². The number of benzene rings is 1. The van der Waals surface area contributed by atoms with E-state index in [2.05, 4.69) is 10.3 Å². The summed E-state index contributed by atoms with van der Waals surface area (Å²) in [7, 11) is 3.00. The first kappa shape index (κ1) is 14.1. The lowest BCUT2D eigenvalue weighted by atomic mass is 10.2. The van der Waals surface area contributed by atoms with Crippen molar-refractivity contribution in [1.82, 2.24) is 4.98 Å². The molecule has 0 aliphatic carbocycles. The lowest BCUT2D eigenvalue weighted by Gasteiger charge is -2.13. The van der Waals surface area contributed by atoms with Crippen molar-refractivity contribution in [2.75, 3.05) is 19.5 Å². The first-order chi connectivity index (χ1) is 9.65. The number of amides is 1. The first-order valence-corrected chi connectivity index (χ1v) is 6.16. The van der Waals surface area contributed by atoms with Gasteiger partial charge in [-0.2, -0.15) is 0 Å². The predicted molar refractivity (Wildman–Crippen MR) is 76.7 cm³/mol. The minimum atomic E-state index is -0.291. The van der Waals surface area contributed by atoms with Crippen LogP contribution in [0.2, 0.25) is 5.02 Å². The summed E-state index contributed by atoms with van der Waals surface area (Å²) < 4.78 is 10.3. The van der Waals surface area contributed by atoms with Crippen LogP contribution in [-0.4, -0.2) is 25.1 Å². The summed E-state index contributed by atoms with van der Waals surface area (Å²) in [6, 6.07) is 6.55. The third-order valence-corrected chi connectivity index (χ3v) is 2.94. The van der Waals surface area contributed by atoms with Crippen LogP contribution in [0, 0.1) is 0 Å². The van der Waals surface area contributed by atoms with Gasteiger partial charge in [0.1, 0.15) is 11.5 Å². The summed E-state index contributed by atoms with van der Waals surface area (Å²) in [5, 5.41) is 3.14. The van der Waals surface area contributed by atoms with E-state index in [9.17, 15) is 4.79 Å². The summed E-state index contributed by atoms with van der Waals surface area (Å²) in [5.74, 6) is 0.614. The predicted octanol–water partition coefficient (Wildman–Crippen LogP) is 3.00. The largest absolute Gasteiger partial charge is 0.495 e. The Balaban J connectivity index is 2.31. The van der Waals surface area contributed by atoms with Crippen molar-refractivity contribution in [2.45, 2.75) is 0 Å². The minimum Gasteiger partial charge on any atom is -0.495 e. The van der Waals surface area contributed by atoms with E-state index in [4.69, 9.17) is 21.1 Å². The third-order valence-electron chi connectivity index (χ3n) is 2.65. The minimum absolute atomic E-state index is 0.291. The highest BCUT2D eigenvalue weighted by atomic mass is 35.5. The molecule has 0 saturated carbocycles. The average molecular weight is 293 g/mol. The highest BCUT2D eigenvalue weighted by molar-refractivity contribution is 6.32. The molecule has 2 rings (SSSR count).